The lowest BCUT2D eigenvalue weighted by Gasteiger charge is -2.14. The smallest absolute Gasteiger partial charge is 0.251 e. The van der Waals surface area contributed by atoms with E-state index in [1.807, 2.05) is 6.92 Å². The summed E-state index contributed by atoms with van der Waals surface area (Å²) >= 11 is 0. The molecular weight excluding hydrogens is 243 g/mol. The molecule has 3 N–H and O–H groups in total. The van der Waals surface area contributed by atoms with Gasteiger partial charge in [-0.25, -0.2) is 4.39 Å². The molecule has 1 atom stereocenters. The summed E-state index contributed by atoms with van der Waals surface area (Å²) in [5, 5.41) is 2.86. The van der Waals surface area contributed by atoms with Gasteiger partial charge in [-0.3, -0.25) is 4.79 Å². The summed E-state index contributed by atoms with van der Waals surface area (Å²) in [6, 6.07) is 3.96. The van der Waals surface area contributed by atoms with Gasteiger partial charge >= 0.3 is 0 Å². The van der Waals surface area contributed by atoms with Crippen LogP contribution in [0.5, 0.6) is 0 Å². The Labute approximate surface area is 114 Å². The number of benzene rings is 1. The normalized spacial score (nSPS) is 12.5. The van der Waals surface area contributed by atoms with Gasteiger partial charge < -0.3 is 11.1 Å². The average molecular weight is 266 g/mol. The van der Waals surface area contributed by atoms with Crippen molar-refractivity contribution >= 4 is 11.6 Å². The molecule has 0 aliphatic carbocycles. The van der Waals surface area contributed by atoms with E-state index in [9.17, 15) is 9.18 Å². The Morgan fingerprint density at radius 1 is 1.26 bits per heavy atom. The summed E-state index contributed by atoms with van der Waals surface area (Å²) in [5.41, 5.74) is 6.05. The number of hydrogen-bond acceptors (Lipinski definition) is 2. The predicted octanol–water partition coefficient (Wildman–Crippen LogP) is 3.35. The Morgan fingerprint density at radius 2 is 1.95 bits per heavy atom. The summed E-state index contributed by atoms with van der Waals surface area (Å²) in [6.45, 7) is 6.32. The van der Waals surface area contributed by atoms with Gasteiger partial charge in [0.25, 0.3) is 5.91 Å². The van der Waals surface area contributed by atoms with Crippen LogP contribution in [-0.4, -0.2) is 11.9 Å². The van der Waals surface area contributed by atoms with E-state index in [4.69, 9.17) is 5.73 Å². The first-order chi connectivity index (χ1) is 8.88. The van der Waals surface area contributed by atoms with Crippen LogP contribution in [0, 0.1) is 11.7 Å². The number of halogens is 1. The number of anilines is 1. The van der Waals surface area contributed by atoms with Gasteiger partial charge in [0.2, 0.25) is 0 Å². The second-order valence-electron chi connectivity index (χ2n) is 5.47. The predicted molar refractivity (Wildman–Crippen MR) is 76.4 cm³/mol. The number of carbonyl (C=O) groups is 1. The summed E-state index contributed by atoms with van der Waals surface area (Å²) in [5.74, 6) is -0.0909. The van der Waals surface area contributed by atoms with Crippen molar-refractivity contribution < 1.29 is 9.18 Å². The highest BCUT2D eigenvalue weighted by Gasteiger charge is 2.11. The monoisotopic (exact) mass is 266 g/mol. The van der Waals surface area contributed by atoms with E-state index in [0.717, 1.165) is 19.3 Å². The second-order valence-corrected chi connectivity index (χ2v) is 5.47. The third-order valence-corrected chi connectivity index (χ3v) is 2.98. The highest BCUT2D eigenvalue weighted by Crippen LogP contribution is 2.12. The molecule has 0 fully saturated rings. The first kappa shape index (κ1) is 15.5. The molecule has 1 unspecified atom stereocenters. The van der Waals surface area contributed by atoms with Crippen molar-refractivity contribution in [3.8, 4) is 0 Å². The molecule has 0 saturated heterocycles. The van der Waals surface area contributed by atoms with E-state index in [1.54, 1.807) is 0 Å². The van der Waals surface area contributed by atoms with Gasteiger partial charge in [0.05, 0.1) is 0 Å². The molecule has 0 aliphatic rings. The van der Waals surface area contributed by atoms with Crippen LogP contribution < -0.4 is 11.1 Å². The molecule has 0 spiro atoms. The minimum absolute atomic E-state index is 0.0794. The Kier molecular flexibility index (Phi) is 5.80. The van der Waals surface area contributed by atoms with Gasteiger partial charge in [-0.15, -0.1) is 0 Å². The largest absolute Gasteiger partial charge is 0.399 e. The molecule has 4 heteroatoms. The lowest BCUT2D eigenvalue weighted by Crippen LogP contribution is -2.32. The molecule has 0 aromatic heterocycles. The van der Waals surface area contributed by atoms with Crippen LogP contribution in [0.3, 0.4) is 0 Å². The highest BCUT2D eigenvalue weighted by atomic mass is 19.1. The molecule has 0 aliphatic heterocycles. The van der Waals surface area contributed by atoms with E-state index in [-0.39, 0.29) is 23.2 Å². The van der Waals surface area contributed by atoms with Gasteiger partial charge in [0, 0.05) is 17.3 Å². The molecule has 1 rings (SSSR count). The van der Waals surface area contributed by atoms with Gasteiger partial charge in [0.1, 0.15) is 5.82 Å². The topological polar surface area (TPSA) is 55.1 Å². The molecule has 3 nitrogen and oxygen atoms in total. The summed E-state index contributed by atoms with van der Waals surface area (Å²) in [7, 11) is 0. The van der Waals surface area contributed by atoms with Crippen LogP contribution in [0.1, 0.15) is 50.4 Å². The van der Waals surface area contributed by atoms with Crippen LogP contribution in [0.4, 0.5) is 10.1 Å². The number of nitrogens with one attached hydrogen (secondary N) is 1. The fraction of sp³-hybridized carbons (Fsp3) is 0.533. The lowest BCUT2D eigenvalue weighted by atomic mass is 10.0. The number of rotatable bonds is 6. The maximum absolute atomic E-state index is 13.2. The third kappa shape index (κ3) is 5.73. The number of nitrogens with two attached hydrogens (primary N) is 1. The van der Waals surface area contributed by atoms with Gasteiger partial charge in [0.15, 0.2) is 0 Å². The average Bonchev–Trinajstić information content (AvgIpc) is 2.26. The first-order valence-corrected chi connectivity index (χ1v) is 6.75. The quantitative estimate of drug-likeness (QED) is 0.776. The van der Waals surface area contributed by atoms with Crippen LogP contribution in [0.2, 0.25) is 0 Å². The van der Waals surface area contributed by atoms with E-state index in [0.29, 0.717) is 5.92 Å². The van der Waals surface area contributed by atoms with Crippen LogP contribution in [0.15, 0.2) is 18.2 Å². The number of hydrogen-bond donors (Lipinski definition) is 2. The molecule has 0 radical (unpaired) electrons. The molecule has 1 amide bonds. The van der Waals surface area contributed by atoms with Gasteiger partial charge in [-0.2, -0.15) is 0 Å². The zero-order valence-electron chi connectivity index (χ0n) is 11.9. The molecule has 0 bridgehead atoms. The molecule has 19 heavy (non-hydrogen) atoms. The Hall–Kier alpha value is -1.58. The summed E-state index contributed by atoms with van der Waals surface area (Å²) in [4.78, 5) is 11.9. The zero-order valence-corrected chi connectivity index (χ0v) is 11.9. The number of carbonyl (C=O) groups excluding carboxylic acids is 1. The fourth-order valence-corrected chi connectivity index (χ4v) is 1.96. The van der Waals surface area contributed by atoms with E-state index < -0.39 is 5.82 Å². The highest BCUT2D eigenvalue weighted by molar-refractivity contribution is 5.95. The molecule has 0 heterocycles. The van der Waals surface area contributed by atoms with E-state index >= 15 is 0 Å². The van der Waals surface area contributed by atoms with Crippen molar-refractivity contribution in [2.75, 3.05) is 5.73 Å². The standard InChI is InChI=1S/C15H23FN2O/c1-10(2)5-4-6-11(3)18-15(19)12-7-13(16)9-14(17)8-12/h7-11H,4-6,17H2,1-3H3,(H,18,19). The summed E-state index contributed by atoms with van der Waals surface area (Å²) < 4.78 is 13.2. The fourth-order valence-electron chi connectivity index (χ4n) is 1.96. The van der Waals surface area contributed by atoms with E-state index in [1.165, 1.54) is 18.2 Å². The van der Waals surface area contributed by atoms with Crippen LogP contribution >= 0.6 is 0 Å². The summed E-state index contributed by atoms with van der Waals surface area (Å²) in [6.07, 6.45) is 3.15. The lowest BCUT2D eigenvalue weighted by molar-refractivity contribution is 0.0937. The number of nitrogen functional groups attached to an aromatic ring is 1. The maximum Gasteiger partial charge on any atom is 0.251 e. The molecule has 106 valence electrons. The Morgan fingerprint density at radius 3 is 2.53 bits per heavy atom. The van der Waals surface area contributed by atoms with Crippen molar-refractivity contribution in [1.29, 1.82) is 0 Å². The molecule has 0 saturated carbocycles. The van der Waals surface area contributed by atoms with Gasteiger partial charge in [-0.1, -0.05) is 26.7 Å². The first-order valence-electron chi connectivity index (χ1n) is 6.75. The minimum atomic E-state index is -0.488. The third-order valence-electron chi connectivity index (χ3n) is 2.98. The van der Waals surface area contributed by atoms with E-state index in [2.05, 4.69) is 19.2 Å². The zero-order chi connectivity index (χ0) is 14.4. The van der Waals surface area contributed by atoms with Crippen molar-refractivity contribution in [3.05, 3.63) is 29.6 Å². The SMILES string of the molecule is CC(C)CCCC(C)NC(=O)c1cc(N)cc(F)c1. The Bertz CT molecular complexity index is 412. The molecule has 1 aromatic rings. The van der Waals surface area contributed by atoms with Crippen molar-refractivity contribution in [2.45, 2.75) is 46.1 Å². The van der Waals surface area contributed by atoms with Crippen molar-refractivity contribution in [1.82, 2.24) is 5.32 Å². The van der Waals surface area contributed by atoms with Crippen LogP contribution in [-0.2, 0) is 0 Å². The number of amides is 1. The van der Waals surface area contributed by atoms with Crippen molar-refractivity contribution in [3.63, 3.8) is 0 Å². The van der Waals surface area contributed by atoms with Crippen LogP contribution in [0.25, 0.3) is 0 Å². The molecule has 1 aromatic carbocycles. The Balaban J connectivity index is 2.49. The van der Waals surface area contributed by atoms with Crippen molar-refractivity contribution in [2.24, 2.45) is 5.92 Å². The molecular formula is C15H23FN2O. The minimum Gasteiger partial charge on any atom is -0.399 e. The maximum atomic E-state index is 13.2. The second kappa shape index (κ2) is 7.12. The van der Waals surface area contributed by atoms with Gasteiger partial charge in [-0.05, 0) is 37.5 Å².